The third-order valence-corrected chi connectivity index (χ3v) is 9.57. The molecule has 5 atom stereocenters. The summed E-state index contributed by atoms with van der Waals surface area (Å²) in [5.41, 5.74) is 4.26. The number of sulfonamides is 1. The van der Waals surface area contributed by atoms with E-state index in [4.69, 9.17) is 4.74 Å². The lowest BCUT2D eigenvalue weighted by molar-refractivity contribution is -0.0394. The summed E-state index contributed by atoms with van der Waals surface area (Å²) in [6, 6.07) is 12.5. The number of rotatable bonds is 4. The minimum Gasteiger partial charge on any atom is -0.508 e. The van der Waals surface area contributed by atoms with Gasteiger partial charge in [0.05, 0.1) is 11.0 Å². The third-order valence-electron chi connectivity index (χ3n) is 8.34. The third kappa shape index (κ3) is 3.75. The predicted molar refractivity (Wildman–Crippen MR) is 128 cm³/mol. The number of hydrogen-bond acceptors (Lipinski definition) is 5. The molecular formula is C26H32N2O4S. The van der Waals surface area contributed by atoms with E-state index in [-0.39, 0.29) is 16.4 Å². The molecule has 0 unspecified atom stereocenters. The van der Waals surface area contributed by atoms with Gasteiger partial charge in [-0.25, -0.2) is 4.83 Å². The molecule has 7 heteroatoms. The van der Waals surface area contributed by atoms with E-state index >= 15 is 0 Å². The van der Waals surface area contributed by atoms with Gasteiger partial charge in [0.1, 0.15) is 5.75 Å². The van der Waals surface area contributed by atoms with Crippen molar-refractivity contribution in [1.29, 1.82) is 0 Å². The zero-order chi connectivity index (χ0) is 23.4. The minimum atomic E-state index is -3.71. The van der Waals surface area contributed by atoms with E-state index in [9.17, 15) is 13.5 Å². The zero-order valence-corrected chi connectivity index (χ0v) is 20.2. The van der Waals surface area contributed by atoms with E-state index in [1.165, 1.54) is 11.1 Å². The Bertz CT molecular complexity index is 1190. The molecule has 33 heavy (non-hydrogen) atoms. The number of ether oxygens (including phenoxy) is 1. The van der Waals surface area contributed by atoms with Gasteiger partial charge in [0, 0.05) is 24.2 Å². The normalized spacial score (nSPS) is 32.2. The summed E-state index contributed by atoms with van der Waals surface area (Å²) >= 11 is 0. The highest BCUT2D eigenvalue weighted by Gasteiger charge is 2.57. The fraction of sp³-hybridized carbons (Fsp3) is 0.500. The van der Waals surface area contributed by atoms with E-state index in [2.05, 4.69) is 22.9 Å². The summed E-state index contributed by atoms with van der Waals surface area (Å²) in [4.78, 5) is 2.74. The van der Waals surface area contributed by atoms with Gasteiger partial charge < -0.3 is 9.84 Å². The standard InChI is InChI=1S/C26H32N2O4S/c1-16-4-8-19(9-5-16)33(30,31)28-27-24-13-12-22-21-10-6-17-14-18(29)7-11-20(17)25(21)23(32-3)15-26(22,24)2/h4-5,7-9,11,14,21-23,25,28-29H,6,10,12-13,15H2,1-3H3/b27-24-/t21-,22-,23-,25+,26-/m0/s1. The Morgan fingerprint density at radius 2 is 1.88 bits per heavy atom. The van der Waals surface area contributed by atoms with Crippen LogP contribution in [0, 0.1) is 24.2 Å². The van der Waals surface area contributed by atoms with Crippen LogP contribution in [0.3, 0.4) is 0 Å². The van der Waals surface area contributed by atoms with Crippen molar-refractivity contribution in [1.82, 2.24) is 4.83 Å². The van der Waals surface area contributed by atoms with Gasteiger partial charge in [0.2, 0.25) is 0 Å². The van der Waals surface area contributed by atoms with Gasteiger partial charge in [-0.15, -0.1) is 0 Å². The van der Waals surface area contributed by atoms with Crippen LogP contribution in [0.25, 0.3) is 0 Å². The molecule has 2 fully saturated rings. The Kier molecular flexibility index (Phi) is 5.52. The fourth-order valence-electron chi connectivity index (χ4n) is 6.70. The van der Waals surface area contributed by atoms with Crippen molar-refractivity contribution < 1.29 is 18.3 Å². The summed E-state index contributed by atoms with van der Waals surface area (Å²) in [7, 11) is -1.94. The average molecular weight is 469 g/mol. The first-order valence-corrected chi connectivity index (χ1v) is 13.2. The molecule has 0 amide bonds. The number of phenolic OH excluding ortho intramolecular Hbond substituents is 1. The number of nitrogens with one attached hydrogen (secondary N) is 1. The van der Waals surface area contributed by atoms with E-state index < -0.39 is 10.0 Å². The lowest BCUT2D eigenvalue weighted by Crippen LogP contribution is -2.49. The van der Waals surface area contributed by atoms with Crippen molar-refractivity contribution in [3.05, 3.63) is 59.2 Å². The maximum absolute atomic E-state index is 12.8. The van der Waals surface area contributed by atoms with E-state index in [1.54, 1.807) is 37.4 Å². The SMILES string of the molecule is CO[C@H]1C[C@]2(C)/C(=N\NS(=O)(=O)c3ccc(C)cc3)CC[C@H]2[C@@H]2CCc3cc(O)ccc3[C@H]21. The molecule has 2 aromatic rings. The van der Waals surface area contributed by atoms with Crippen LogP contribution in [0.1, 0.15) is 55.2 Å². The molecule has 0 bridgehead atoms. The quantitative estimate of drug-likeness (QED) is 0.646. The largest absolute Gasteiger partial charge is 0.508 e. The number of aryl methyl sites for hydroxylation is 2. The number of hydrogen-bond donors (Lipinski definition) is 2. The molecule has 0 radical (unpaired) electrons. The van der Waals surface area contributed by atoms with Crippen LogP contribution in [-0.4, -0.2) is 32.4 Å². The number of hydrazone groups is 1. The van der Waals surface area contributed by atoms with Crippen LogP contribution in [-0.2, 0) is 21.2 Å². The Hall–Kier alpha value is -2.38. The van der Waals surface area contributed by atoms with Crippen molar-refractivity contribution in [2.75, 3.05) is 7.11 Å². The molecule has 5 rings (SSSR count). The molecule has 3 aliphatic rings. The van der Waals surface area contributed by atoms with Gasteiger partial charge in [-0.3, -0.25) is 0 Å². The van der Waals surface area contributed by atoms with Crippen LogP contribution in [0.15, 0.2) is 52.5 Å². The van der Waals surface area contributed by atoms with Crippen molar-refractivity contribution in [2.45, 2.75) is 62.9 Å². The highest BCUT2D eigenvalue weighted by Crippen LogP contribution is 2.60. The lowest BCUT2D eigenvalue weighted by Gasteiger charge is -2.52. The molecular weight excluding hydrogens is 436 g/mol. The van der Waals surface area contributed by atoms with Crippen molar-refractivity contribution >= 4 is 15.7 Å². The second-order valence-corrected chi connectivity index (χ2v) is 11.8. The second-order valence-electron chi connectivity index (χ2n) is 10.1. The average Bonchev–Trinajstić information content (AvgIpc) is 3.13. The summed E-state index contributed by atoms with van der Waals surface area (Å²) in [6.07, 6.45) is 4.62. The van der Waals surface area contributed by atoms with Crippen LogP contribution in [0.2, 0.25) is 0 Å². The Labute approximate surface area is 196 Å². The number of aromatic hydroxyl groups is 1. The summed E-state index contributed by atoms with van der Waals surface area (Å²) in [6.45, 7) is 4.16. The van der Waals surface area contributed by atoms with Gasteiger partial charge in [-0.05, 0) is 86.3 Å². The summed E-state index contributed by atoms with van der Waals surface area (Å²) < 4.78 is 31.7. The predicted octanol–water partition coefficient (Wildman–Crippen LogP) is 4.52. The molecule has 2 aromatic carbocycles. The second kappa shape index (κ2) is 8.13. The lowest BCUT2D eigenvalue weighted by atomic mass is 9.54. The van der Waals surface area contributed by atoms with Gasteiger partial charge in [0.25, 0.3) is 10.0 Å². The Morgan fingerprint density at radius 3 is 2.61 bits per heavy atom. The Morgan fingerprint density at radius 1 is 1.12 bits per heavy atom. The number of benzene rings is 2. The van der Waals surface area contributed by atoms with Crippen molar-refractivity contribution in [3.63, 3.8) is 0 Å². The first-order valence-electron chi connectivity index (χ1n) is 11.7. The molecule has 0 spiro atoms. The zero-order valence-electron chi connectivity index (χ0n) is 19.4. The summed E-state index contributed by atoms with van der Waals surface area (Å²) in [5.74, 6) is 1.49. The van der Waals surface area contributed by atoms with Gasteiger partial charge >= 0.3 is 0 Å². The van der Waals surface area contributed by atoms with Crippen LogP contribution >= 0.6 is 0 Å². The van der Waals surface area contributed by atoms with E-state index in [1.807, 2.05) is 13.0 Å². The summed E-state index contributed by atoms with van der Waals surface area (Å²) in [5, 5.41) is 14.5. The topological polar surface area (TPSA) is 88.0 Å². The molecule has 0 aliphatic heterocycles. The maximum atomic E-state index is 12.8. The maximum Gasteiger partial charge on any atom is 0.276 e. The molecule has 0 saturated heterocycles. The van der Waals surface area contributed by atoms with Crippen LogP contribution in [0.4, 0.5) is 0 Å². The number of fused-ring (bicyclic) bond motifs is 5. The highest BCUT2D eigenvalue weighted by atomic mass is 32.2. The molecule has 6 nitrogen and oxygen atoms in total. The monoisotopic (exact) mass is 468 g/mol. The van der Waals surface area contributed by atoms with Crippen LogP contribution in [0.5, 0.6) is 5.75 Å². The molecule has 0 aromatic heterocycles. The molecule has 0 heterocycles. The molecule has 176 valence electrons. The minimum absolute atomic E-state index is 0.0249. The van der Waals surface area contributed by atoms with Crippen molar-refractivity contribution in [3.8, 4) is 5.75 Å². The molecule has 2 saturated carbocycles. The Balaban J connectivity index is 1.44. The highest BCUT2D eigenvalue weighted by molar-refractivity contribution is 7.89. The fourth-order valence-corrected chi connectivity index (χ4v) is 7.53. The van der Waals surface area contributed by atoms with Gasteiger partial charge in [-0.1, -0.05) is 30.7 Å². The van der Waals surface area contributed by atoms with E-state index in [0.717, 1.165) is 43.4 Å². The first kappa shape index (κ1) is 22.4. The van der Waals surface area contributed by atoms with Crippen molar-refractivity contribution in [2.24, 2.45) is 22.4 Å². The number of nitrogens with zero attached hydrogens (tertiary/aromatic N) is 1. The molecule has 2 N–H and O–H groups in total. The van der Waals surface area contributed by atoms with Gasteiger partial charge in [0.15, 0.2) is 0 Å². The molecule has 3 aliphatic carbocycles. The number of phenols is 1. The smallest absolute Gasteiger partial charge is 0.276 e. The van der Waals surface area contributed by atoms with E-state index in [0.29, 0.717) is 23.5 Å². The number of methoxy groups -OCH3 is 1. The van der Waals surface area contributed by atoms with Gasteiger partial charge in [-0.2, -0.15) is 13.5 Å². The van der Waals surface area contributed by atoms with Crippen LogP contribution < -0.4 is 4.83 Å². The first-order chi connectivity index (χ1) is 15.7.